The fraction of sp³-hybridized carbons (Fsp3) is 0.396. The Morgan fingerprint density at radius 2 is 1.56 bits per heavy atom. The number of fused-ring (bicyclic) bond motifs is 1. The number of benzene rings is 3. The Morgan fingerprint density at radius 3 is 2.27 bits per heavy atom. The fourth-order valence-electron chi connectivity index (χ4n) is 9.87. The van der Waals surface area contributed by atoms with Gasteiger partial charge in [-0.25, -0.2) is 22.0 Å². The lowest BCUT2D eigenvalue weighted by atomic mass is 9.89. The van der Waals surface area contributed by atoms with E-state index in [2.05, 4.69) is 20.3 Å². The molecule has 0 spiro atoms. The number of aromatic nitrogens is 3. The van der Waals surface area contributed by atoms with E-state index in [9.17, 15) is 19.2 Å². The van der Waals surface area contributed by atoms with Crippen molar-refractivity contribution >= 4 is 51.5 Å². The molecule has 4 amide bonds. The molecule has 5 aromatic rings. The highest BCUT2D eigenvalue weighted by molar-refractivity contribution is 6.05. The molecule has 2 aromatic heterocycles. The zero-order chi connectivity index (χ0) is 46.4. The summed E-state index contributed by atoms with van der Waals surface area (Å²) in [5, 5.41) is 6.55. The maximum absolute atomic E-state index is 16.6. The molecule has 346 valence electrons. The Morgan fingerprint density at radius 1 is 0.803 bits per heavy atom. The second kappa shape index (κ2) is 18.4. The Hall–Kier alpha value is -6.56. The van der Waals surface area contributed by atoms with Crippen LogP contribution in [-0.4, -0.2) is 126 Å². The van der Waals surface area contributed by atoms with Crippen LogP contribution in [0.25, 0.3) is 27.6 Å². The molecule has 0 aliphatic carbocycles. The van der Waals surface area contributed by atoms with Crippen LogP contribution in [0.3, 0.4) is 0 Å². The summed E-state index contributed by atoms with van der Waals surface area (Å²) in [7, 11) is 3.11. The number of rotatable bonds is 10. The maximum atomic E-state index is 16.6. The van der Waals surface area contributed by atoms with Crippen LogP contribution >= 0.6 is 0 Å². The van der Waals surface area contributed by atoms with Gasteiger partial charge >= 0.3 is 0 Å². The van der Waals surface area contributed by atoms with Gasteiger partial charge in [-0.3, -0.25) is 34.1 Å². The number of piperidine rings is 2. The lowest BCUT2D eigenvalue weighted by molar-refractivity contribution is -0.134. The number of halogens is 5. The average molecular weight is 912 g/mol. The second-order valence-electron chi connectivity index (χ2n) is 17.6. The van der Waals surface area contributed by atoms with E-state index in [0.29, 0.717) is 77.2 Å². The van der Waals surface area contributed by atoms with Crippen molar-refractivity contribution in [3.8, 4) is 11.1 Å². The number of amides is 4. The molecule has 3 aromatic carbocycles. The summed E-state index contributed by atoms with van der Waals surface area (Å²) < 4.78 is 81.9. The molecule has 6 heterocycles. The molecule has 4 aliphatic heterocycles. The molecule has 0 bridgehead atoms. The van der Waals surface area contributed by atoms with Crippen molar-refractivity contribution < 1.29 is 41.1 Å². The van der Waals surface area contributed by atoms with E-state index < -0.39 is 52.7 Å². The van der Waals surface area contributed by atoms with Gasteiger partial charge in [-0.05, 0) is 73.2 Å². The first-order chi connectivity index (χ1) is 31.7. The monoisotopic (exact) mass is 911 g/mol. The minimum Gasteiger partial charge on any atom is -0.369 e. The van der Waals surface area contributed by atoms with Crippen LogP contribution in [0.1, 0.15) is 66.1 Å². The summed E-state index contributed by atoms with van der Waals surface area (Å²) in [4.78, 5) is 62.0. The molecule has 0 radical (unpaired) electrons. The molecule has 3 fully saturated rings. The highest BCUT2D eigenvalue weighted by Crippen LogP contribution is 2.40. The van der Waals surface area contributed by atoms with Gasteiger partial charge in [0.25, 0.3) is 5.91 Å². The number of aromatic amines is 1. The number of hydrogen-bond acceptors (Lipinski definition) is 8. The number of piperazine rings is 1. The Kier molecular flexibility index (Phi) is 12.4. The number of H-pyrrole nitrogens is 1. The predicted molar refractivity (Wildman–Crippen MR) is 238 cm³/mol. The largest absolute Gasteiger partial charge is 0.369 e. The van der Waals surface area contributed by atoms with Gasteiger partial charge in [0, 0.05) is 132 Å². The van der Waals surface area contributed by atoms with Crippen molar-refractivity contribution in [2.45, 2.75) is 57.0 Å². The summed E-state index contributed by atoms with van der Waals surface area (Å²) in [6, 6.07) is 10.0. The molecule has 1 unspecified atom stereocenters. The summed E-state index contributed by atoms with van der Waals surface area (Å²) in [6.07, 6.45) is 7.39. The third-order valence-electron chi connectivity index (χ3n) is 13.5. The highest BCUT2D eigenvalue weighted by Gasteiger charge is 2.34. The summed E-state index contributed by atoms with van der Waals surface area (Å²) >= 11 is 0. The van der Waals surface area contributed by atoms with E-state index >= 15 is 22.0 Å². The minimum absolute atomic E-state index is 0.0402. The van der Waals surface area contributed by atoms with Gasteiger partial charge in [0.2, 0.25) is 17.7 Å². The van der Waals surface area contributed by atoms with Crippen LogP contribution in [0, 0.1) is 29.1 Å². The van der Waals surface area contributed by atoms with Crippen LogP contribution in [0.2, 0.25) is 0 Å². The van der Waals surface area contributed by atoms with Gasteiger partial charge in [-0.1, -0.05) is 6.08 Å². The second-order valence-corrected chi connectivity index (χ2v) is 17.6. The van der Waals surface area contributed by atoms with Gasteiger partial charge in [0.15, 0.2) is 17.5 Å². The molecule has 9 rings (SSSR count). The molecule has 18 heteroatoms. The molecule has 13 nitrogen and oxygen atoms in total. The van der Waals surface area contributed by atoms with Crippen LogP contribution in [0.4, 0.5) is 33.3 Å². The van der Waals surface area contributed by atoms with Crippen molar-refractivity contribution in [1.29, 1.82) is 0 Å². The molecule has 1 atom stereocenters. The Balaban J connectivity index is 0.895. The van der Waals surface area contributed by atoms with Crippen molar-refractivity contribution in [3.05, 3.63) is 107 Å². The molecular weight excluding hydrogens is 862 g/mol. The van der Waals surface area contributed by atoms with Crippen LogP contribution in [0.15, 0.2) is 60.9 Å². The molecule has 4 aliphatic rings. The van der Waals surface area contributed by atoms with Crippen LogP contribution in [-0.2, 0) is 20.9 Å². The first kappa shape index (κ1) is 44.6. The van der Waals surface area contributed by atoms with E-state index in [0.717, 1.165) is 12.1 Å². The minimum atomic E-state index is -1.12. The third-order valence-corrected chi connectivity index (χ3v) is 13.5. The van der Waals surface area contributed by atoms with E-state index in [1.54, 1.807) is 51.9 Å². The molecule has 2 N–H and O–H groups in total. The maximum Gasteiger partial charge on any atom is 0.269 e. The number of nitrogens with one attached hydrogen (secondary N) is 2. The molecular formula is C48H50F5N9O4. The Bertz CT molecular complexity index is 2740. The number of imide groups is 1. The quantitative estimate of drug-likeness (QED) is 0.121. The topological polar surface area (TPSA) is 130 Å². The SMILES string of the molecule is CN(C)C(=O)c1cc2c(-c3ccc(N4CCN(C5CCN(c6cc(F)c(C7CCC(=O)NC7=O)cc6F)CC5)CC4)c(F)c3F)cc(C3=CCCN(C(=O)CCn4cccn4)C3)c(F)c2[nH]1. The van der Waals surface area contributed by atoms with E-state index in [1.165, 1.54) is 29.2 Å². The normalized spacial score (nSPS) is 18.8. The van der Waals surface area contributed by atoms with Gasteiger partial charge < -0.3 is 24.6 Å². The van der Waals surface area contributed by atoms with Gasteiger partial charge in [0.1, 0.15) is 17.3 Å². The standard InChI is InChI=1S/C48H50F5N9O4/c1-57(2)48(66)38-25-35-33(23-32(44(52)46(35)55-38)28-5-3-14-61(27-28)42(64)12-18-62-15-4-13-54-62)30-6-8-39(45(53)43(30)51)60-21-19-58(20-22-60)29-10-16-59(17-11-29)40-26-36(49)34(24-37(40)50)31-7-9-41(63)56-47(31)65/h4-6,8,13,15,23-26,29,31,55H,3,7,9-12,14,16-22,27H2,1-2H3,(H,56,63,65). The number of carbonyl (C=O) groups excluding carboxylic acids is 4. The number of carbonyl (C=O) groups is 4. The van der Waals surface area contributed by atoms with Crippen LogP contribution in [0.5, 0.6) is 0 Å². The zero-order valence-electron chi connectivity index (χ0n) is 36.7. The fourth-order valence-corrected chi connectivity index (χ4v) is 9.87. The predicted octanol–water partition coefficient (Wildman–Crippen LogP) is 6.45. The highest BCUT2D eigenvalue weighted by atomic mass is 19.2. The third kappa shape index (κ3) is 8.65. The average Bonchev–Trinajstić information content (AvgIpc) is 4.02. The number of hydrogen-bond donors (Lipinski definition) is 2. The number of aryl methyl sites for hydroxylation is 1. The first-order valence-electron chi connectivity index (χ1n) is 22.3. The van der Waals surface area contributed by atoms with E-state index in [-0.39, 0.29) is 88.0 Å². The van der Waals surface area contributed by atoms with Gasteiger partial charge in [0.05, 0.1) is 22.8 Å². The van der Waals surface area contributed by atoms with Crippen molar-refractivity contribution in [2.24, 2.45) is 0 Å². The van der Waals surface area contributed by atoms with Crippen molar-refractivity contribution in [2.75, 3.05) is 76.3 Å². The smallest absolute Gasteiger partial charge is 0.269 e. The van der Waals surface area contributed by atoms with Crippen molar-refractivity contribution in [1.82, 2.24) is 34.8 Å². The first-order valence-corrected chi connectivity index (χ1v) is 22.3. The number of nitrogens with zero attached hydrogens (tertiary/aromatic N) is 7. The van der Waals surface area contributed by atoms with Crippen LogP contribution < -0.4 is 15.1 Å². The summed E-state index contributed by atoms with van der Waals surface area (Å²) in [6.45, 7) is 3.78. The van der Waals surface area contributed by atoms with Crippen molar-refractivity contribution in [3.63, 3.8) is 0 Å². The summed E-state index contributed by atoms with van der Waals surface area (Å²) in [5.74, 6) is -6.75. The Labute approximate surface area is 377 Å². The summed E-state index contributed by atoms with van der Waals surface area (Å²) in [5.41, 5.74) is 0.857. The zero-order valence-corrected chi connectivity index (χ0v) is 36.7. The molecule has 66 heavy (non-hydrogen) atoms. The lowest BCUT2D eigenvalue weighted by Crippen LogP contribution is -2.53. The van der Waals surface area contributed by atoms with E-state index in [1.807, 2.05) is 6.08 Å². The lowest BCUT2D eigenvalue weighted by Gasteiger charge is -2.44. The van der Waals surface area contributed by atoms with Gasteiger partial charge in [-0.2, -0.15) is 5.10 Å². The van der Waals surface area contributed by atoms with E-state index in [4.69, 9.17) is 0 Å². The molecule has 3 saturated heterocycles. The number of anilines is 2. The van der Waals surface area contributed by atoms with Gasteiger partial charge in [-0.15, -0.1) is 0 Å². The molecule has 0 saturated carbocycles.